The first-order valence-corrected chi connectivity index (χ1v) is 7.23. The van der Waals surface area contributed by atoms with Crippen molar-refractivity contribution >= 4 is 11.9 Å². The number of benzene rings is 1. The van der Waals surface area contributed by atoms with Gasteiger partial charge in [0.25, 0.3) is 0 Å². The molecule has 0 aromatic heterocycles. The van der Waals surface area contributed by atoms with Gasteiger partial charge >= 0.3 is 5.97 Å². The minimum absolute atomic E-state index is 0.0205. The Kier molecular flexibility index (Phi) is 6.95. The second kappa shape index (κ2) is 8.46. The third-order valence-electron chi connectivity index (χ3n) is 3.15. The van der Waals surface area contributed by atoms with Crippen LogP contribution in [-0.4, -0.2) is 35.0 Å². The van der Waals surface area contributed by atoms with Crippen LogP contribution in [0.1, 0.15) is 32.3 Å². The zero-order chi connectivity index (χ0) is 16.7. The van der Waals surface area contributed by atoms with E-state index < -0.39 is 17.6 Å². The molecule has 1 N–H and O–H groups in total. The summed E-state index contributed by atoms with van der Waals surface area (Å²) in [4.78, 5) is 24.3. The molecule has 1 rings (SSSR count). The molecule has 1 aromatic rings. The fourth-order valence-corrected chi connectivity index (χ4v) is 2.12. The topological polar surface area (TPSA) is 57.6 Å². The van der Waals surface area contributed by atoms with Crippen LogP contribution in [0.3, 0.4) is 0 Å². The van der Waals surface area contributed by atoms with Crippen molar-refractivity contribution in [3.63, 3.8) is 0 Å². The van der Waals surface area contributed by atoms with Gasteiger partial charge in [0.15, 0.2) is 0 Å². The Labute approximate surface area is 128 Å². The molecule has 6 heteroatoms. The number of amides is 1. The van der Waals surface area contributed by atoms with Crippen molar-refractivity contribution in [2.45, 2.75) is 33.1 Å². The van der Waals surface area contributed by atoms with Crippen molar-refractivity contribution in [2.24, 2.45) is 5.92 Å². The van der Waals surface area contributed by atoms with E-state index in [9.17, 15) is 18.4 Å². The third kappa shape index (κ3) is 6.20. The van der Waals surface area contributed by atoms with Crippen LogP contribution in [-0.2, 0) is 16.0 Å². The number of carbonyl (C=O) groups is 2. The van der Waals surface area contributed by atoms with Crippen LogP contribution in [0.5, 0.6) is 0 Å². The number of aryl methyl sites for hydroxylation is 1. The van der Waals surface area contributed by atoms with E-state index in [0.717, 1.165) is 18.2 Å². The molecule has 122 valence electrons. The van der Waals surface area contributed by atoms with Crippen LogP contribution in [0, 0.1) is 17.6 Å². The largest absolute Gasteiger partial charge is 0.481 e. The number of rotatable bonds is 8. The predicted molar refractivity (Wildman–Crippen MR) is 78.3 cm³/mol. The van der Waals surface area contributed by atoms with Crippen LogP contribution in [0.25, 0.3) is 0 Å². The second-order valence-corrected chi connectivity index (χ2v) is 5.61. The van der Waals surface area contributed by atoms with Gasteiger partial charge in [-0.3, -0.25) is 9.59 Å². The Morgan fingerprint density at radius 2 is 1.91 bits per heavy atom. The highest BCUT2D eigenvalue weighted by Gasteiger charge is 2.17. The molecule has 0 unspecified atom stereocenters. The highest BCUT2D eigenvalue weighted by molar-refractivity contribution is 5.77. The molecule has 1 amide bonds. The van der Waals surface area contributed by atoms with Crippen molar-refractivity contribution in [1.29, 1.82) is 0 Å². The highest BCUT2D eigenvalue weighted by Crippen LogP contribution is 2.13. The maximum atomic E-state index is 13.5. The molecule has 0 aliphatic heterocycles. The molecule has 0 heterocycles. The lowest BCUT2D eigenvalue weighted by molar-refractivity contribution is -0.138. The highest BCUT2D eigenvalue weighted by atomic mass is 19.1. The third-order valence-corrected chi connectivity index (χ3v) is 3.15. The van der Waals surface area contributed by atoms with Gasteiger partial charge in [0, 0.05) is 19.5 Å². The Balaban J connectivity index is 2.65. The predicted octanol–water partition coefficient (Wildman–Crippen LogP) is 2.86. The Morgan fingerprint density at radius 1 is 1.23 bits per heavy atom. The average Bonchev–Trinajstić information content (AvgIpc) is 2.43. The molecule has 0 aliphatic carbocycles. The Hall–Kier alpha value is -1.98. The molecule has 0 atom stereocenters. The fraction of sp³-hybridized carbons (Fsp3) is 0.500. The summed E-state index contributed by atoms with van der Waals surface area (Å²) < 4.78 is 26.6. The molecule has 0 fully saturated rings. The summed E-state index contributed by atoms with van der Waals surface area (Å²) in [6.07, 6.45) is -0.0242. The van der Waals surface area contributed by atoms with Gasteiger partial charge in [-0.15, -0.1) is 0 Å². The summed E-state index contributed by atoms with van der Waals surface area (Å²) in [6.45, 7) is 4.41. The maximum Gasteiger partial charge on any atom is 0.305 e. The van der Waals surface area contributed by atoms with Gasteiger partial charge in [-0.05, 0) is 36.1 Å². The summed E-state index contributed by atoms with van der Waals surface area (Å²) in [5.74, 6) is -2.12. The number of halogens is 2. The van der Waals surface area contributed by atoms with E-state index in [2.05, 4.69) is 0 Å². The summed E-state index contributed by atoms with van der Waals surface area (Å²) >= 11 is 0. The van der Waals surface area contributed by atoms with Crippen LogP contribution in [0.2, 0.25) is 0 Å². The van der Waals surface area contributed by atoms with Crippen LogP contribution in [0.15, 0.2) is 18.2 Å². The standard InChI is InChI=1S/C16H21F2NO3/c1-11(2)10-19(8-7-16(21)22)15(20)6-3-12-9-13(17)4-5-14(12)18/h4-5,9,11H,3,6-8,10H2,1-2H3,(H,21,22). The molecule has 0 aliphatic rings. The number of carbonyl (C=O) groups excluding carboxylic acids is 1. The lowest BCUT2D eigenvalue weighted by Crippen LogP contribution is -2.36. The van der Waals surface area contributed by atoms with Crippen LogP contribution < -0.4 is 0 Å². The number of hydrogen-bond acceptors (Lipinski definition) is 2. The summed E-state index contributed by atoms with van der Waals surface area (Å²) in [7, 11) is 0. The minimum atomic E-state index is -0.974. The second-order valence-electron chi connectivity index (χ2n) is 5.61. The SMILES string of the molecule is CC(C)CN(CCC(=O)O)C(=O)CCc1cc(F)ccc1F. The minimum Gasteiger partial charge on any atom is -0.481 e. The van der Waals surface area contributed by atoms with E-state index in [1.54, 1.807) is 0 Å². The molecule has 0 spiro atoms. The van der Waals surface area contributed by atoms with Gasteiger partial charge in [0.05, 0.1) is 6.42 Å². The van der Waals surface area contributed by atoms with E-state index in [1.807, 2.05) is 13.8 Å². The van der Waals surface area contributed by atoms with Crippen molar-refractivity contribution in [3.05, 3.63) is 35.4 Å². The van der Waals surface area contributed by atoms with Crippen LogP contribution in [0.4, 0.5) is 8.78 Å². The molecule has 0 radical (unpaired) electrons. The van der Waals surface area contributed by atoms with Gasteiger partial charge in [-0.25, -0.2) is 8.78 Å². The van der Waals surface area contributed by atoms with Gasteiger partial charge in [-0.2, -0.15) is 0 Å². The first kappa shape index (κ1) is 18.1. The Bertz CT molecular complexity index is 532. The number of nitrogens with zero attached hydrogens (tertiary/aromatic N) is 1. The van der Waals surface area contributed by atoms with Gasteiger partial charge in [0.2, 0.25) is 5.91 Å². The lowest BCUT2D eigenvalue weighted by Gasteiger charge is -2.24. The van der Waals surface area contributed by atoms with E-state index in [1.165, 1.54) is 4.90 Å². The number of aliphatic carboxylic acids is 1. The van der Waals surface area contributed by atoms with Crippen molar-refractivity contribution in [1.82, 2.24) is 4.90 Å². The molecule has 4 nitrogen and oxygen atoms in total. The van der Waals surface area contributed by atoms with Gasteiger partial charge in [0.1, 0.15) is 11.6 Å². The van der Waals surface area contributed by atoms with Gasteiger partial charge in [-0.1, -0.05) is 13.8 Å². The summed E-state index contributed by atoms with van der Waals surface area (Å²) in [6, 6.07) is 3.14. The molecular weight excluding hydrogens is 292 g/mol. The fourth-order valence-electron chi connectivity index (χ4n) is 2.12. The molecule has 0 saturated carbocycles. The Morgan fingerprint density at radius 3 is 2.50 bits per heavy atom. The molecular formula is C16H21F2NO3. The molecule has 0 saturated heterocycles. The first-order valence-electron chi connectivity index (χ1n) is 7.23. The quantitative estimate of drug-likeness (QED) is 0.803. The molecule has 22 heavy (non-hydrogen) atoms. The van der Waals surface area contributed by atoms with E-state index in [0.29, 0.717) is 6.54 Å². The van der Waals surface area contributed by atoms with Crippen molar-refractivity contribution in [2.75, 3.05) is 13.1 Å². The van der Waals surface area contributed by atoms with Crippen LogP contribution >= 0.6 is 0 Å². The van der Waals surface area contributed by atoms with Crippen molar-refractivity contribution in [3.8, 4) is 0 Å². The number of carboxylic acids is 1. The monoisotopic (exact) mass is 313 g/mol. The normalized spacial score (nSPS) is 10.8. The number of hydrogen-bond donors (Lipinski definition) is 1. The zero-order valence-corrected chi connectivity index (χ0v) is 12.8. The first-order chi connectivity index (χ1) is 10.3. The van der Waals surface area contributed by atoms with E-state index >= 15 is 0 Å². The van der Waals surface area contributed by atoms with E-state index in [-0.39, 0.29) is 43.2 Å². The smallest absolute Gasteiger partial charge is 0.305 e. The van der Waals surface area contributed by atoms with E-state index in [4.69, 9.17) is 5.11 Å². The summed E-state index contributed by atoms with van der Waals surface area (Å²) in [5, 5.41) is 8.72. The molecule has 0 bridgehead atoms. The lowest BCUT2D eigenvalue weighted by atomic mass is 10.1. The molecule has 1 aromatic carbocycles. The maximum absolute atomic E-state index is 13.5. The number of carboxylic acid groups (broad SMARTS) is 1. The zero-order valence-electron chi connectivity index (χ0n) is 12.8. The van der Waals surface area contributed by atoms with Gasteiger partial charge < -0.3 is 10.0 Å². The summed E-state index contributed by atoms with van der Waals surface area (Å²) in [5.41, 5.74) is 0.149. The average molecular weight is 313 g/mol. The van der Waals surface area contributed by atoms with Crippen molar-refractivity contribution < 1.29 is 23.5 Å².